The molecular weight excluding hydrogens is 1390 g/mol. The van der Waals surface area contributed by atoms with Crippen LogP contribution < -0.4 is 39.4 Å². The van der Waals surface area contributed by atoms with E-state index >= 15 is 0 Å². The molecule has 540 valence electrons. The van der Waals surface area contributed by atoms with Crippen LogP contribution in [0.15, 0.2) is 194 Å². The molecule has 3 heterocycles. The predicted octanol–water partition coefficient (Wildman–Crippen LogP) is 14.5. The summed E-state index contributed by atoms with van der Waals surface area (Å²) in [5.41, 5.74) is 12.8. The van der Waals surface area contributed by atoms with Crippen molar-refractivity contribution in [2.75, 3.05) is 70.6 Å². The maximum atomic E-state index is 12.4. The zero-order valence-electron chi connectivity index (χ0n) is 58.5. The molecular formula is C77H81N8O16P3. The zero-order chi connectivity index (χ0) is 74.8. The van der Waals surface area contributed by atoms with E-state index in [0.29, 0.717) is 69.2 Å². The van der Waals surface area contributed by atoms with E-state index in [2.05, 4.69) is 62.9 Å². The van der Waals surface area contributed by atoms with Crippen LogP contribution in [-0.4, -0.2) is 135 Å². The Bertz CT molecular complexity index is 5000. The topological polar surface area (TPSA) is 363 Å². The van der Waals surface area contributed by atoms with Crippen LogP contribution >= 0.6 is 22.8 Å². The summed E-state index contributed by atoms with van der Waals surface area (Å²) in [5, 5.41) is 30.0. The van der Waals surface area contributed by atoms with E-state index in [4.69, 9.17) is 28.9 Å². The minimum Gasteiger partial charge on any atom is -0.508 e. The number of benzene rings is 9. The standard InChI is InChI=1S/C31H39N4O6P.C25H25N2O6P.C21H17N2O4P/c1-6-34(7-2)24-13-9-21(10-14-24)28-29(22-11-15-25(16-12-22)35(8-3)17-18-42(37,38)39)33-31(32-28)23-19-26(40-4)30(36)27(20-23)41-5;1-14-13-20(24(34(29,30)31)15(2)23(14)28)25-26-21(16-5-9-18(32-3)10-6-16)22(27-25)17-7-11-19(33-4)12-8-17;24-16-12-10-15(11-13-16)21-22-19(14-6-2-1-3-7-14)20(23-21)17-8-4-5-9-18(17)28(25,26)27/h9-16,19-20,36H,6-8,17-18H2,1-5H3,(H,32,33)(H2,37,38,39);5-13,28H,1-4H3,(H,26,27)(H2,29,30,31);1-13,24H,(H,22,23)(H2,25,26,27). The van der Waals surface area contributed by atoms with Crippen LogP contribution in [0.4, 0.5) is 11.4 Å². The van der Waals surface area contributed by atoms with Gasteiger partial charge in [0.25, 0.3) is 0 Å². The number of aromatic nitrogens is 6. The Labute approximate surface area is 601 Å². The molecule has 0 aliphatic rings. The maximum absolute atomic E-state index is 12.4. The lowest BCUT2D eigenvalue weighted by Gasteiger charge is -2.23. The van der Waals surface area contributed by atoms with E-state index in [1.54, 1.807) is 75.7 Å². The first kappa shape index (κ1) is 75.9. The zero-order valence-corrected chi connectivity index (χ0v) is 61.2. The van der Waals surface area contributed by atoms with E-state index in [0.717, 1.165) is 69.2 Å². The van der Waals surface area contributed by atoms with Crippen molar-refractivity contribution in [1.82, 2.24) is 29.9 Å². The summed E-state index contributed by atoms with van der Waals surface area (Å²) in [6.45, 7) is 12.1. The van der Waals surface area contributed by atoms with Crippen LogP contribution in [0, 0.1) is 13.8 Å². The SMILES string of the molecule is CCN(CC)c1ccc(-c2[nH]c(-c3cc(OC)c(O)c(OC)c3)nc2-c2ccc(N(CC)CCP(=O)(O)O)cc2)cc1.COc1ccc(-c2nc(-c3cc(C)c(O)c(C)c3P(=O)(O)O)[nH]c2-c2ccc(OC)cc2)cc1.O=P(O)(O)c1ccccc1-c1[nH]c(-c2ccc(O)cc2)nc1-c1ccccc1. The molecule has 24 nitrogen and oxygen atoms in total. The number of phenolic OH excluding ortho intramolecular Hbond substituents is 3. The number of aromatic amines is 3. The number of hydrogen-bond acceptors (Lipinski definition) is 15. The van der Waals surface area contributed by atoms with Crippen molar-refractivity contribution in [3.63, 3.8) is 0 Å². The minimum atomic E-state index is -4.73. The van der Waals surface area contributed by atoms with Crippen molar-refractivity contribution in [2.24, 2.45) is 0 Å². The number of aromatic hydroxyl groups is 3. The summed E-state index contributed by atoms with van der Waals surface area (Å²) in [4.78, 5) is 87.0. The fourth-order valence-electron chi connectivity index (χ4n) is 11.9. The molecule has 0 unspecified atom stereocenters. The summed E-state index contributed by atoms with van der Waals surface area (Å²) in [7, 11) is -7.17. The van der Waals surface area contributed by atoms with Crippen LogP contribution in [0.5, 0.6) is 40.2 Å². The molecule has 12 aromatic rings. The van der Waals surface area contributed by atoms with Crippen LogP contribution in [0.1, 0.15) is 31.9 Å². The summed E-state index contributed by atoms with van der Waals surface area (Å²) >= 11 is 0. The van der Waals surface area contributed by atoms with Gasteiger partial charge in [0.2, 0.25) is 5.75 Å². The second-order valence-corrected chi connectivity index (χ2v) is 28.8. The first-order valence-electron chi connectivity index (χ1n) is 32.9. The van der Waals surface area contributed by atoms with Crippen LogP contribution in [0.25, 0.3) is 102 Å². The molecule has 3 aromatic heterocycles. The highest BCUT2D eigenvalue weighted by Crippen LogP contribution is 2.46. The van der Waals surface area contributed by atoms with E-state index < -0.39 is 22.8 Å². The molecule has 0 bridgehead atoms. The average Bonchev–Trinajstić information content (AvgIpc) is 1.48. The minimum absolute atomic E-state index is 0.0620. The van der Waals surface area contributed by atoms with Gasteiger partial charge in [-0.25, -0.2) is 15.0 Å². The van der Waals surface area contributed by atoms with Gasteiger partial charge in [-0.15, -0.1) is 0 Å². The molecule has 0 saturated heterocycles. The third-order valence-corrected chi connectivity index (χ3v) is 20.3. The largest absolute Gasteiger partial charge is 0.508 e. The lowest BCUT2D eigenvalue weighted by Crippen LogP contribution is -2.26. The first-order chi connectivity index (χ1) is 49.7. The van der Waals surface area contributed by atoms with Gasteiger partial charge in [0.15, 0.2) is 11.5 Å². The Morgan fingerprint density at radius 2 is 0.837 bits per heavy atom. The molecule has 12 N–H and O–H groups in total. The van der Waals surface area contributed by atoms with Crippen molar-refractivity contribution in [1.29, 1.82) is 0 Å². The summed E-state index contributed by atoms with van der Waals surface area (Å²) in [5.74, 6) is 3.23. The molecule has 12 rings (SSSR count). The van der Waals surface area contributed by atoms with Crippen molar-refractivity contribution in [3.05, 3.63) is 205 Å². The van der Waals surface area contributed by atoms with E-state index in [9.17, 15) is 58.4 Å². The number of methoxy groups -OCH3 is 4. The van der Waals surface area contributed by atoms with Crippen LogP contribution in [0.2, 0.25) is 0 Å². The lowest BCUT2D eigenvalue weighted by molar-refractivity contribution is 0.340. The number of rotatable bonds is 23. The van der Waals surface area contributed by atoms with Crippen molar-refractivity contribution in [3.8, 4) is 142 Å². The number of H-pyrrole nitrogens is 3. The molecule has 0 aliphatic heterocycles. The van der Waals surface area contributed by atoms with Gasteiger partial charge < -0.3 is 88.4 Å². The average molecular weight is 1470 g/mol. The van der Waals surface area contributed by atoms with Gasteiger partial charge in [-0.3, -0.25) is 13.7 Å². The Morgan fingerprint density at radius 1 is 0.413 bits per heavy atom. The Morgan fingerprint density at radius 3 is 1.33 bits per heavy atom. The Balaban J connectivity index is 0.000000171. The number of phenols is 3. The summed E-state index contributed by atoms with van der Waals surface area (Å²) in [6, 6.07) is 58.2. The van der Waals surface area contributed by atoms with Crippen LogP contribution in [0.3, 0.4) is 0 Å². The molecule has 0 saturated carbocycles. The monoisotopic (exact) mass is 1470 g/mol. The summed E-state index contributed by atoms with van der Waals surface area (Å²) < 4.78 is 57.1. The van der Waals surface area contributed by atoms with Gasteiger partial charge in [0.1, 0.15) is 40.5 Å². The highest BCUT2D eigenvalue weighted by atomic mass is 31.2. The number of imidazole rings is 3. The molecule has 9 aromatic carbocycles. The molecule has 104 heavy (non-hydrogen) atoms. The normalized spacial score (nSPS) is 11.5. The van der Waals surface area contributed by atoms with Gasteiger partial charge in [-0.1, -0.05) is 72.8 Å². The van der Waals surface area contributed by atoms with E-state index in [-0.39, 0.29) is 69.0 Å². The fourth-order valence-corrected chi connectivity index (χ4v) is 14.3. The number of hydrogen-bond donors (Lipinski definition) is 12. The van der Waals surface area contributed by atoms with Gasteiger partial charge in [0, 0.05) is 93.2 Å². The van der Waals surface area contributed by atoms with E-state index in [1.165, 1.54) is 33.3 Å². The highest BCUT2D eigenvalue weighted by molar-refractivity contribution is 7.61. The van der Waals surface area contributed by atoms with Gasteiger partial charge in [-0.05, 0) is 162 Å². The third-order valence-electron chi connectivity index (χ3n) is 17.4. The molecule has 0 fully saturated rings. The fraction of sp³-hybridized carbons (Fsp3) is 0.182. The summed E-state index contributed by atoms with van der Waals surface area (Å²) in [6.07, 6.45) is -0.210. The van der Waals surface area contributed by atoms with Crippen LogP contribution in [-0.2, 0) is 13.7 Å². The number of ether oxygens (including phenoxy) is 4. The highest BCUT2D eigenvalue weighted by Gasteiger charge is 2.31. The second-order valence-electron chi connectivity index (χ2n) is 23.9. The van der Waals surface area contributed by atoms with E-state index in [1.807, 2.05) is 115 Å². The molecule has 0 radical (unpaired) electrons. The van der Waals surface area contributed by atoms with Gasteiger partial charge in [0.05, 0.1) is 79.4 Å². The number of nitrogens with one attached hydrogen (secondary N) is 3. The lowest BCUT2D eigenvalue weighted by atomic mass is 10.0. The molecule has 27 heteroatoms. The van der Waals surface area contributed by atoms with Gasteiger partial charge >= 0.3 is 22.8 Å². The molecule has 0 spiro atoms. The number of anilines is 2. The Hall–Kier alpha value is -10.7. The quantitative estimate of drug-likeness (QED) is 0.0265. The molecule has 0 amide bonds. The number of aryl methyl sites for hydroxylation is 1. The maximum Gasteiger partial charge on any atom is 0.357 e. The molecule has 0 atom stereocenters. The van der Waals surface area contributed by atoms with Gasteiger partial charge in [-0.2, -0.15) is 0 Å². The predicted molar refractivity (Wildman–Crippen MR) is 407 cm³/mol. The third kappa shape index (κ3) is 17.5. The smallest absolute Gasteiger partial charge is 0.357 e. The van der Waals surface area contributed by atoms with Crippen molar-refractivity contribution < 1.29 is 77.3 Å². The second kappa shape index (κ2) is 32.7. The molecule has 0 aliphatic carbocycles. The Kier molecular flexibility index (Phi) is 23.9. The van der Waals surface area contributed by atoms with Crippen molar-refractivity contribution >= 4 is 44.8 Å². The first-order valence-corrected chi connectivity index (χ1v) is 37.9. The van der Waals surface area contributed by atoms with Crippen molar-refractivity contribution in [2.45, 2.75) is 34.6 Å². The number of nitrogens with zero attached hydrogens (tertiary/aromatic N) is 5.